The van der Waals surface area contributed by atoms with Crippen molar-refractivity contribution in [2.24, 2.45) is 0 Å². The van der Waals surface area contributed by atoms with Crippen LogP contribution in [0.4, 0.5) is 0 Å². The molecule has 6 heteroatoms. The standard InChI is InChI=1S/C15H20N2O3S/c1-4-7-17-8-5-11-13(15(17)19)12(10(2)21-11)14(18)16-6-9-20-3/h5,8H,4,6-7,9H2,1-3H3,(H,16,18). The Hall–Kier alpha value is -1.66. The van der Waals surface area contributed by atoms with Crippen LogP contribution in [0.5, 0.6) is 0 Å². The molecule has 2 aromatic rings. The lowest BCUT2D eigenvalue weighted by Crippen LogP contribution is -2.29. The number of rotatable bonds is 6. The van der Waals surface area contributed by atoms with Gasteiger partial charge in [0.25, 0.3) is 11.5 Å². The zero-order chi connectivity index (χ0) is 15.4. The summed E-state index contributed by atoms with van der Waals surface area (Å²) in [6, 6.07) is 1.91. The molecule has 0 aliphatic carbocycles. The predicted molar refractivity (Wildman–Crippen MR) is 85.3 cm³/mol. The first-order valence-electron chi connectivity index (χ1n) is 6.99. The van der Waals surface area contributed by atoms with E-state index in [0.717, 1.165) is 16.0 Å². The molecule has 2 rings (SSSR count). The molecule has 0 bridgehead atoms. The van der Waals surface area contributed by atoms with E-state index in [9.17, 15) is 9.59 Å². The Morgan fingerprint density at radius 1 is 1.48 bits per heavy atom. The molecule has 0 spiro atoms. The lowest BCUT2D eigenvalue weighted by molar-refractivity contribution is 0.0938. The van der Waals surface area contributed by atoms with Crippen LogP contribution in [0.25, 0.3) is 10.1 Å². The summed E-state index contributed by atoms with van der Waals surface area (Å²) < 4.78 is 7.45. The zero-order valence-electron chi connectivity index (χ0n) is 12.6. The molecule has 1 N–H and O–H groups in total. The number of carbonyl (C=O) groups excluding carboxylic acids is 1. The highest BCUT2D eigenvalue weighted by Crippen LogP contribution is 2.28. The molecule has 5 nitrogen and oxygen atoms in total. The van der Waals surface area contributed by atoms with E-state index >= 15 is 0 Å². The Morgan fingerprint density at radius 3 is 2.90 bits per heavy atom. The highest BCUT2D eigenvalue weighted by molar-refractivity contribution is 7.19. The second-order valence-electron chi connectivity index (χ2n) is 4.84. The first-order chi connectivity index (χ1) is 10.1. The van der Waals surface area contributed by atoms with E-state index < -0.39 is 0 Å². The van der Waals surface area contributed by atoms with E-state index in [1.165, 1.54) is 11.3 Å². The summed E-state index contributed by atoms with van der Waals surface area (Å²) in [7, 11) is 1.58. The van der Waals surface area contributed by atoms with Crippen LogP contribution in [0.1, 0.15) is 28.6 Å². The Bertz CT molecular complexity index is 703. The van der Waals surface area contributed by atoms with Gasteiger partial charge in [-0.1, -0.05) is 6.92 Å². The van der Waals surface area contributed by atoms with E-state index in [2.05, 4.69) is 5.32 Å². The lowest BCUT2D eigenvalue weighted by atomic mass is 10.1. The number of aryl methyl sites for hydroxylation is 2. The van der Waals surface area contributed by atoms with Crippen molar-refractivity contribution in [3.8, 4) is 0 Å². The Kier molecular flexibility index (Phi) is 5.14. The SMILES string of the molecule is CCCn1ccc2sc(C)c(C(=O)NCCOC)c2c1=O. The zero-order valence-corrected chi connectivity index (χ0v) is 13.4. The molecule has 0 saturated heterocycles. The van der Waals surface area contributed by atoms with Crippen molar-refractivity contribution >= 4 is 27.3 Å². The molecule has 0 unspecified atom stereocenters. The number of carbonyl (C=O) groups is 1. The minimum absolute atomic E-state index is 0.0874. The van der Waals surface area contributed by atoms with Gasteiger partial charge in [-0.3, -0.25) is 9.59 Å². The second kappa shape index (κ2) is 6.87. The van der Waals surface area contributed by atoms with Gasteiger partial charge in [0.2, 0.25) is 0 Å². The minimum atomic E-state index is -0.206. The molecule has 1 amide bonds. The molecule has 0 atom stereocenters. The van der Waals surface area contributed by atoms with Gasteiger partial charge in [0.05, 0.1) is 17.6 Å². The van der Waals surface area contributed by atoms with E-state index in [-0.39, 0.29) is 11.5 Å². The van der Waals surface area contributed by atoms with Gasteiger partial charge in [0, 0.05) is 36.0 Å². The summed E-state index contributed by atoms with van der Waals surface area (Å²) in [5.41, 5.74) is 0.414. The number of pyridine rings is 1. The number of amides is 1. The van der Waals surface area contributed by atoms with Crippen LogP contribution in [0, 0.1) is 6.92 Å². The molecule has 0 radical (unpaired) electrons. The van der Waals surface area contributed by atoms with Crippen molar-refractivity contribution in [3.63, 3.8) is 0 Å². The third-order valence-corrected chi connectivity index (χ3v) is 4.35. The number of nitrogens with one attached hydrogen (secondary N) is 1. The van der Waals surface area contributed by atoms with E-state index in [1.807, 2.05) is 19.9 Å². The number of nitrogens with zero attached hydrogens (tertiary/aromatic N) is 1. The molecular formula is C15H20N2O3S. The summed E-state index contributed by atoms with van der Waals surface area (Å²) in [6.45, 7) is 5.44. The molecule has 2 aromatic heterocycles. The first-order valence-corrected chi connectivity index (χ1v) is 7.81. The normalized spacial score (nSPS) is 11.0. The molecule has 0 fully saturated rings. The lowest BCUT2D eigenvalue weighted by Gasteiger charge is -2.06. The maximum Gasteiger partial charge on any atom is 0.260 e. The van der Waals surface area contributed by atoms with E-state index in [0.29, 0.717) is 30.6 Å². The number of hydrogen-bond donors (Lipinski definition) is 1. The van der Waals surface area contributed by atoms with Gasteiger partial charge in [-0.05, 0) is 19.4 Å². The number of fused-ring (bicyclic) bond motifs is 1. The van der Waals surface area contributed by atoms with Crippen LogP contribution in [-0.4, -0.2) is 30.7 Å². The minimum Gasteiger partial charge on any atom is -0.383 e. The molecule has 0 aliphatic rings. The number of methoxy groups -OCH3 is 1. The maximum absolute atomic E-state index is 12.6. The smallest absolute Gasteiger partial charge is 0.260 e. The number of hydrogen-bond acceptors (Lipinski definition) is 4. The van der Waals surface area contributed by atoms with Gasteiger partial charge in [-0.15, -0.1) is 11.3 Å². The number of thiophene rings is 1. The summed E-state index contributed by atoms with van der Waals surface area (Å²) in [5, 5.41) is 3.32. The average Bonchev–Trinajstić information content (AvgIpc) is 2.79. The number of ether oxygens (including phenoxy) is 1. The molecule has 0 aliphatic heterocycles. The van der Waals surface area contributed by atoms with Crippen molar-refractivity contribution in [2.75, 3.05) is 20.3 Å². The van der Waals surface area contributed by atoms with Gasteiger partial charge in [-0.2, -0.15) is 0 Å². The van der Waals surface area contributed by atoms with E-state index in [4.69, 9.17) is 4.74 Å². The molecule has 114 valence electrons. The van der Waals surface area contributed by atoms with Crippen LogP contribution in [0.3, 0.4) is 0 Å². The maximum atomic E-state index is 12.6. The van der Waals surface area contributed by atoms with Crippen LogP contribution in [-0.2, 0) is 11.3 Å². The quantitative estimate of drug-likeness (QED) is 0.832. The fraction of sp³-hybridized carbons (Fsp3) is 0.467. The molecular weight excluding hydrogens is 288 g/mol. The predicted octanol–water partition coefficient (Wildman–Crippen LogP) is 2.16. The van der Waals surface area contributed by atoms with Gasteiger partial charge in [0.1, 0.15) is 0 Å². The summed E-state index contributed by atoms with van der Waals surface area (Å²) in [5.74, 6) is -0.206. The van der Waals surface area contributed by atoms with Crippen molar-refractivity contribution in [1.29, 1.82) is 0 Å². The topological polar surface area (TPSA) is 60.3 Å². The van der Waals surface area contributed by atoms with Gasteiger partial charge >= 0.3 is 0 Å². The van der Waals surface area contributed by atoms with Gasteiger partial charge in [0.15, 0.2) is 0 Å². The monoisotopic (exact) mass is 308 g/mol. The van der Waals surface area contributed by atoms with Crippen molar-refractivity contribution in [2.45, 2.75) is 26.8 Å². The second-order valence-corrected chi connectivity index (χ2v) is 6.09. The third-order valence-electron chi connectivity index (χ3n) is 3.28. The molecule has 21 heavy (non-hydrogen) atoms. The highest BCUT2D eigenvalue weighted by atomic mass is 32.1. The highest BCUT2D eigenvalue weighted by Gasteiger charge is 2.19. The fourth-order valence-corrected chi connectivity index (χ4v) is 3.36. The van der Waals surface area contributed by atoms with Crippen molar-refractivity contribution in [3.05, 3.63) is 33.1 Å². The largest absolute Gasteiger partial charge is 0.383 e. The summed E-state index contributed by atoms with van der Waals surface area (Å²) >= 11 is 1.48. The Labute approximate surface area is 127 Å². The van der Waals surface area contributed by atoms with Crippen LogP contribution < -0.4 is 10.9 Å². The van der Waals surface area contributed by atoms with Gasteiger partial charge in [-0.25, -0.2) is 0 Å². The van der Waals surface area contributed by atoms with E-state index in [1.54, 1.807) is 17.9 Å². The first kappa shape index (κ1) is 15.7. The van der Waals surface area contributed by atoms with Crippen LogP contribution in [0.15, 0.2) is 17.1 Å². The average molecular weight is 308 g/mol. The number of aromatic nitrogens is 1. The molecule has 0 aromatic carbocycles. The molecule has 2 heterocycles. The molecule has 0 saturated carbocycles. The van der Waals surface area contributed by atoms with Crippen molar-refractivity contribution < 1.29 is 9.53 Å². The van der Waals surface area contributed by atoms with Crippen LogP contribution in [0.2, 0.25) is 0 Å². The third kappa shape index (κ3) is 3.16. The summed E-state index contributed by atoms with van der Waals surface area (Å²) in [4.78, 5) is 25.7. The Balaban J connectivity index is 2.47. The Morgan fingerprint density at radius 2 is 2.24 bits per heavy atom. The van der Waals surface area contributed by atoms with Crippen LogP contribution >= 0.6 is 11.3 Å². The fourth-order valence-electron chi connectivity index (χ4n) is 2.31. The van der Waals surface area contributed by atoms with Gasteiger partial charge < -0.3 is 14.6 Å². The summed E-state index contributed by atoms with van der Waals surface area (Å²) in [6.07, 6.45) is 2.68. The van der Waals surface area contributed by atoms with Crippen molar-refractivity contribution in [1.82, 2.24) is 9.88 Å².